The largest absolute Gasteiger partial charge is 0.445 e. The summed E-state index contributed by atoms with van der Waals surface area (Å²) < 4.78 is 5.52. The van der Waals surface area contributed by atoms with Crippen molar-refractivity contribution in [2.24, 2.45) is 0 Å². The van der Waals surface area contributed by atoms with Crippen LogP contribution in [0.25, 0.3) is 21.7 Å². The van der Waals surface area contributed by atoms with Crippen LogP contribution in [0.3, 0.4) is 0 Å². The Morgan fingerprint density at radius 3 is 2.41 bits per heavy atom. The lowest BCUT2D eigenvalue weighted by Crippen LogP contribution is -2.48. The standard InChI is InChI=1S/C31H29N3O3/c1-21(23-9-3-2-4-10-23)33-30(35)29(18-26-19-32-28-14-8-7-13-27(26)28)34-31(36)37-20-22-15-16-24-11-5-6-12-25(24)17-22/h2-17,19,21,29,32H,18,20H2,1H3,(H,33,35)(H,34,36)/t21-,29+/m0/s1. The van der Waals surface area contributed by atoms with Gasteiger partial charge in [-0.3, -0.25) is 4.79 Å². The minimum absolute atomic E-state index is 0.110. The van der Waals surface area contributed by atoms with Crippen molar-refractivity contribution in [1.29, 1.82) is 0 Å². The highest BCUT2D eigenvalue weighted by Gasteiger charge is 2.25. The maximum absolute atomic E-state index is 13.4. The molecule has 186 valence electrons. The number of carbonyl (C=O) groups excluding carboxylic acids is 2. The first-order valence-electron chi connectivity index (χ1n) is 12.4. The van der Waals surface area contributed by atoms with Gasteiger partial charge in [-0.2, -0.15) is 0 Å². The van der Waals surface area contributed by atoms with Gasteiger partial charge in [0.1, 0.15) is 12.6 Å². The number of nitrogens with one attached hydrogen (secondary N) is 3. The highest BCUT2D eigenvalue weighted by molar-refractivity contribution is 5.88. The van der Waals surface area contributed by atoms with E-state index in [1.54, 1.807) is 0 Å². The summed E-state index contributed by atoms with van der Waals surface area (Å²) in [6.07, 6.45) is 1.57. The van der Waals surface area contributed by atoms with Gasteiger partial charge >= 0.3 is 6.09 Å². The van der Waals surface area contributed by atoms with Crippen molar-refractivity contribution >= 4 is 33.7 Å². The third-order valence-electron chi connectivity index (χ3n) is 6.55. The van der Waals surface area contributed by atoms with Crippen LogP contribution in [0.5, 0.6) is 0 Å². The highest BCUT2D eigenvalue weighted by Crippen LogP contribution is 2.20. The van der Waals surface area contributed by atoms with E-state index in [0.717, 1.165) is 38.4 Å². The van der Waals surface area contributed by atoms with Crippen LogP contribution in [0.4, 0.5) is 4.79 Å². The number of carbonyl (C=O) groups is 2. The van der Waals surface area contributed by atoms with E-state index >= 15 is 0 Å². The Kier molecular flexibility index (Phi) is 7.17. The van der Waals surface area contributed by atoms with Gasteiger partial charge in [-0.05, 0) is 46.5 Å². The summed E-state index contributed by atoms with van der Waals surface area (Å²) in [4.78, 5) is 29.4. The van der Waals surface area contributed by atoms with Crippen LogP contribution in [-0.4, -0.2) is 23.0 Å². The van der Waals surface area contributed by atoms with Crippen molar-refractivity contribution in [3.8, 4) is 0 Å². The summed E-state index contributed by atoms with van der Waals surface area (Å²) in [7, 11) is 0. The molecule has 3 N–H and O–H groups in total. The predicted molar refractivity (Wildman–Crippen MR) is 146 cm³/mol. The fourth-order valence-electron chi connectivity index (χ4n) is 4.53. The highest BCUT2D eigenvalue weighted by atomic mass is 16.5. The molecule has 4 aromatic carbocycles. The Hall–Kier alpha value is -4.58. The molecule has 6 heteroatoms. The Balaban J connectivity index is 1.29. The lowest BCUT2D eigenvalue weighted by atomic mass is 10.0. The topological polar surface area (TPSA) is 83.2 Å². The number of rotatable bonds is 8. The first kappa shape index (κ1) is 24.1. The predicted octanol–water partition coefficient (Wildman–Crippen LogP) is 6.04. The SMILES string of the molecule is C[C@H](NC(=O)[C@@H](Cc1c[nH]c2ccccc12)NC(=O)OCc1ccc2ccccc2c1)c1ccccc1. The number of benzene rings is 4. The number of aromatic nitrogens is 1. The van der Waals surface area contributed by atoms with Crippen LogP contribution in [-0.2, 0) is 22.6 Å². The minimum atomic E-state index is -0.811. The van der Waals surface area contributed by atoms with Crippen molar-refractivity contribution in [3.63, 3.8) is 0 Å². The van der Waals surface area contributed by atoms with E-state index in [-0.39, 0.29) is 18.6 Å². The fraction of sp³-hybridized carbons (Fsp3) is 0.161. The average Bonchev–Trinajstić information content (AvgIpc) is 3.34. The van der Waals surface area contributed by atoms with Crippen LogP contribution in [0.2, 0.25) is 0 Å². The van der Waals surface area contributed by atoms with Crippen LogP contribution >= 0.6 is 0 Å². The van der Waals surface area contributed by atoms with Gasteiger partial charge in [-0.1, -0.05) is 84.9 Å². The van der Waals surface area contributed by atoms with Crippen molar-refractivity contribution in [1.82, 2.24) is 15.6 Å². The van der Waals surface area contributed by atoms with Crippen molar-refractivity contribution in [3.05, 3.63) is 120 Å². The fourth-order valence-corrected chi connectivity index (χ4v) is 4.53. The number of amides is 2. The number of hydrogen-bond donors (Lipinski definition) is 3. The molecule has 2 amide bonds. The van der Waals surface area contributed by atoms with Crippen molar-refractivity contribution in [2.75, 3.05) is 0 Å². The zero-order chi connectivity index (χ0) is 25.6. The van der Waals surface area contributed by atoms with Crippen LogP contribution < -0.4 is 10.6 Å². The van der Waals surface area contributed by atoms with Gasteiger partial charge in [0.15, 0.2) is 0 Å². The smallest absolute Gasteiger partial charge is 0.408 e. The molecule has 0 saturated carbocycles. The molecule has 5 rings (SSSR count). The normalized spacial score (nSPS) is 12.7. The van der Waals surface area contributed by atoms with E-state index in [1.807, 2.05) is 110 Å². The molecule has 5 aromatic rings. The number of aromatic amines is 1. The van der Waals surface area contributed by atoms with Gasteiger partial charge in [-0.25, -0.2) is 4.79 Å². The molecule has 0 aliphatic carbocycles. The van der Waals surface area contributed by atoms with E-state index in [1.165, 1.54) is 0 Å². The molecule has 0 aliphatic rings. The molecule has 1 heterocycles. The Morgan fingerprint density at radius 1 is 0.838 bits per heavy atom. The molecule has 0 fully saturated rings. The molecular weight excluding hydrogens is 462 g/mol. The Bertz CT molecular complexity index is 1530. The van der Waals surface area contributed by atoms with Gasteiger partial charge in [0.2, 0.25) is 5.91 Å². The Labute approximate surface area is 215 Å². The summed E-state index contributed by atoms with van der Waals surface area (Å²) in [5, 5.41) is 9.05. The molecule has 0 bridgehead atoms. The number of H-pyrrole nitrogens is 1. The molecule has 2 atom stereocenters. The average molecular weight is 492 g/mol. The van der Waals surface area contributed by atoms with Crippen LogP contribution in [0.15, 0.2) is 103 Å². The zero-order valence-electron chi connectivity index (χ0n) is 20.6. The van der Waals surface area contributed by atoms with Crippen LogP contribution in [0, 0.1) is 0 Å². The van der Waals surface area contributed by atoms with E-state index in [4.69, 9.17) is 4.74 Å². The lowest BCUT2D eigenvalue weighted by Gasteiger charge is -2.21. The molecule has 0 spiro atoms. The second kappa shape index (κ2) is 11.0. The summed E-state index contributed by atoms with van der Waals surface area (Å²) in [5.41, 5.74) is 3.79. The number of alkyl carbamates (subject to hydrolysis) is 1. The molecular formula is C31H29N3O3. The third kappa shape index (κ3) is 5.81. The van der Waals surface area contributed by atoms with E-state index in [9.17, 15) is 9.59 Å². The summed E-state index contributed by atoms with van der Waals surface area (Å²) in [5.74, 6) is -0.274. The quantitative estimate of drug-likeness (QED) is 0.248. The first-order chi connectivity index (χ1) is 18.1. The zero-order valence-corrected chi connectivity index (χ0v) is 20.6. The maximum atomic E-state index is 13.4. The first-order valence-corrected chi connectivity index (χ1v) is 12.4. The molecule has 0 saturated heterocycles. The van der Waals surface area contributed by atoms with Crippen LogP contribution in [0.1, 0.15) is 29.7 Å². The molecule has 1 aromatic heterocycles. The van der Waals surface area contributed by atoms with Gasteiger partial charge in [0.25, 0.3) is 0 Å². The van der Waals surface area contributed by atoms with Gasteiger partial charge in [0, 0.05) is 23.5 Å². The van der Waals surface area contributed by atoms with Gasteiger partial charge in [-0.15, -0.1) is 0 Å². The maximum Gasteiger partial charge on any atom is 0.408 e. The second-order valence-corrected chi connectivity index (χ2v) is 9.16. The molecule has 0 aliphatic heterocycles. The molecule has 0 unspecified atom stereocenters. The summed E-state index contributed by atoms with van der Waals surface area (Å²) in [6, 6.07) is 30.6. The summed E-state index contributed by atoms with van der Waals surface area (Å²) in [6.45, 7) is 2.03. The number of para-hydroxylation sites is 1. The van der Waals surface area contributed by atoms with E-state index < -0.39 is 12.1 Å². The number of fused-ring (bicyclic) bond motifs is 2. The molecule has 37 heavy (non-hydrogen) atoms. The summed E-state index contributed by atoms with van der Waals surface area (Å²) >= 11 is 0. The number of ether oxygens (including phenoxy) is 1. The molecule has 6 nitrogen and oxygen atoms in total. The lowest BCUT2D eigenvalue weighted by molar-refractivity contribution is -0.123. The monoisotopic (exact) mass is 491 g/mol. The van der Waals surface area contributed by atoms with Gasteiger partial charge in [0.05, 0.1) is 6.04 Å². The van der Waals surface area contributed by atoms with Crippen molar-refractivity contribution < 1.29 is 14.3 Å². The molecule has 0 radical (unpaired) electrons. The van der Waals surface area contributed by atoms with Gasteiger partial charge < -0.3 is 20.4 Å². The number of hydrogen-bond acceptors (Lipinski definition) is 3. The second-order valence-electron chi connectivity index (χ2n) is 9.16. The van der Waals surface area contributed by atoms with E-state index in [2.05, 4.69) is 15.6 Å². The van der Waals surface area contributed by atoms with E-state index in [0.29, 0.717) is 6.42 Å². The third-order valence-corrected chi connectivity index (χ3v) is 6.55. The van der Waals surface area contributed by atoms with Crippen molar-refractivity contribution in [2.45, 2.75) is 32.0 Å². The Morgan fingerprint density at radius 2 is 1.57 bits per heavy atom. The minimum Gasteiger partial charge on any atom is -0.445 e.